The van der Waals surface area contributed by atoms with Crippen LogP contribution >= 0.6 is 22.6 Å². The smallest absolute Gasteiger partial charge is 0.0917 e. The van der Waals surface area contributed by atoms with Gasteiger partial charge in [0.2, 0.25) is 0 Å². The van der Waals surface area contributed by atoms with Crippen LogP contribution in [0.3, 0.4) is 0 Å². The molecule has 0 amide bonds. The Kier molecular flexibility index (Phi) is 8.95. The van der Waals surface area contributed by atoms with Crippen LogP contribution in [0.4, 0.5) is 0 Å². The highest BCUT2D eigenvalue weighted by atomic mass is 127. The third-order valence-corrected chi connectivity index (χ3v) is 5.16. The summed E-state index contributed by atoms with van der Waals surface area (Å²) in [6.07, 6.45) is 1.36. The normalized spacial score (nSPS) is 14.1. The van der Waals surface area contributed by atoms with Gasteiger partial charge in [0.25, 0.3) is 0 Å². The molecule has 0 aromatic carbocycles. The van der Waals surface area contributed by atoms with Gasteiger partial charge < -0.3 is 16.0 Å². The van der Waals surface area contributed by atoms with Crippen LogP contribution in [0.1, 0.15) is 13.8 Å². The van der Waals surface area contributed by atoms with Gasteiger partial charge in [-0.15, -0.1) is 0 Å². The van der Waals surface area contributed by atoms with Crippen molar-refractivity contribution >= 4 is 38.3 Å². The summed E-state index contributed by atoms with van der Waals surface area (Å²) in [5.74, 6) is 0. The molecule has 0 saturated heterocycles. The molecule has 0 atom stereocenters. The minimum Gasteiger partial charge on any atom is -0.389 e. The minimum absolute atomic E-state index is 0.433. The van der Waals surface area contributed by atoms with Crippen LogP contribution in [-0.4, -0.2) is 28.8 Å². The molecule has 5 nitrogen and oxygen atoms in total. The lowest BCUT2D eigenvalue weighted by Gasteiger charge is -2.11. The maximum atomic E-state index is 7.38. The zero-order chi connectivity index (χ0) is 13.3. The third kappa shape index (κ3) is 5.96. The minimum atomic E-state index is -0.433. The molecule has 0 bridgehead atoms. The van der Waals surface area contributed by atoms with Crippen LogP contribution in [0.25, 0.3) is 0 Å². The quantitative estimate of drug-likeness (QED) is 0.174. The first-order chi connectivity index (χ1) is 8.10. The topological polar surface area (TPSA) is 84.1 Å². The third-order valence-electron chi connectivity index (χ3n) is 2.26. The van der Waals surface area contributed by atoms with E-state index in [1.807, 2.05) is 13.8 Å². The van der Waals surface area contributed by atoms with Crippen molar-refractivity contribution in [3.05, 3.63) is 20.3 Å². The van der Waals surface area contributed by atoms with Crippen molar-refractivity contribution in [1.29, 1.82) is 10.9 Å². The maximum absolute atomic E-state index is 7.38. The number of hydrogen-bond donors (Lipinski definition) is 4. The molecule has 0 unspecified atom stereocenters. The largest absolute Gasteiger partial charge is 0.389 e. The molecule has 0 radical (unpaired) electrons. The molecule has 0 aromatic rings. The average Bonchev–Trinajstić information content (AvgIpc) is 2.31. The molecule has 0 fully saturated rings. The molecule has 0 aliphatic rings. The fourth-order valence-electron chi connectivity index (χ4n) is 1.23. The number of nitrogens with one attached hydrogen (secondary N) is 4. The van der Waals surface area contributed by atoms with Crippen LogP contribution in [0, 0.1) is 10.9 Å². The van der Waals surface area contributed by atoms with Gasteiger partial charge in [-0.25, -0.2) is 5.53 Å². The van der Waals surface area contributed by atoms with E-state index < -0.39 is 9.52 Å². The standard InChI is InChI=1S/C10H20IN5Si/c1-4-14-7(2)8(5-12)6-15-9(11)10(16-13)17-3/h5,12-15H,4,6,17H2,1-3H3/b8-7+,10-9+,12-5?,16-13?. The van der Waals surface area contributed by atoms with Crippen molar-refractivity contribution in [2.75, 3.05) is 13.1 Å². The van der Waals surface area contributed by atoms with Crippen molar-refractivity contribution in [3.63, 3.8) is 0 Å². The molecule has 0 spiro atoms. The Morgan fingerprint density at radius 2 is 2.12 bits per heavy atom. The van der Waals surface area contributed by atoms with Crippen LogP contribution in [0.5, 0.6) is 0 Å². The van der Waals surface area contributed by atoms with Crippen LogP contribution < -0.4 is 10.6 Å². The summed E-state index contributed by atoms with van der Waals surface area (Å²) in [6, 6.07) is 0. The molecule has 17 heavy (non-hydrogen) atoms. The second-order valence-corrected chi connectivity index (χ2v) is 5.86. The first-order valence-corrected chi connectivity index (χ1v) is 8.74. The van der Waals surface area contributed by atoms with Gasteiger partial charge in [-0.2, -0.15) is 5.11 Å². The van der Waals surface area contributed by atoms with Crippen molar-refractivity contribution < 1.29 is 0 Å². The van der Waals surface area contributed by atoms with E-state index in [4.69, 9.17) is 10.9 Å². The highest BCUT2D eigenvalue weighted by molar-refractivity contribution is 14.1. The van der Waals surface area contributed by atoms with Gasteiger partial charge in [0.1, 0.15) is 0 Å². The van der Waals surface area contributed by atoms with Crippen LogP contribution in [0.15, 0.2) is 25.4 Å². The van der Waals surface area contributed by atoms with E-state index in [1.54, 1.807) is 0 Å². The number of halogens is 1. The summed E-state index contributed by atoms with van der Waals surface area (Å²) in [5, 5.41) is 18.2. The second kappa shape index (κ2) is 9.34. The average molecular weight is 365 g/mol. The van der Waals surface area contributed by atoms with Crippen LogP contribution in [0.2, 0.25) is 6.55 Å². The number of hydrogen-bond acceptors (Lipinski definition) is 5. The SMILES string of the molecule is CCN/C(C)=C(\C=N)CN/C(I)=C(\N=N)[SiH2]C. The van der Waals surface area contributed by atoms with E-state index in [2.05, 4.69) is 44.9 Å². The molecule has 0 aliphatic heterocycles. The van der Waals surface area contributed by atoms with Crippen molar-refractivity contribution in [2.24, 2.45) is 5.11 Å². The predicted molar refractivity (Wildman–Crippen MR) is 83.8 cm³/mol. The predicted octanol–water partition coefficient (Wildman–Crippen LogP) is 1.92. The molecular formula is C10H20IN5Si. The van der Waals surface area contributed by atoms with Crippen LogP contribution in [-0.2, 0) is 0 Å². The molecule has 0 rings (SSSR count). The Morgan fingerprint density at radius 1 is 1.47 bits per heavy atom. The Labute approximate surface area is 119 Å². The first kappa shape index (κ1) is 16.3. The second-order valence-electron chi connectivity index (χ2n) is 3.40. The Bertz CT molecular complexity index is 338. The molecule has 0 saturated carbocycles. The van der Waals surface area contributed by atoms with Crippen molar-refractivity contribution in [3.8, 4) is 0 Å². The van der Waals surface area contributed by atoms with Gasteiger partial charge in [-0.3, -0.25) is 0 Å². The summed E-state index contributed by atoms with van der Waals surface area (Å²) in [6.45, 7) is 7.54. The van der Waals surface area contributed by atoms with E-state index in [0.717, 1.165) is 26.8 Å². The lowest BCUT2D eigenvalue weighted by Crippen LogP contribution is -2.21. The maximum Gasteiger partial charge on any atom is 0.0917 e. The Morgan fingerprint density at radius 3 is 2.53 bits per heavy atom. The number of allylic oxidation sites excluding steroid dienone is 1. The van der Waals surface area contributed by atoms with Crippen molar-refractivity contribution in [1.82, 2.24) is 10.6 Å². The van der Waals surface area contributed by atoms with E-state index in [-0.39, 0.29) is 0 Å². The van der Waals surface area contributed by atoms with Gasteiger partial charge >= 0.3 is 0 Å². The molecule has 4 N–H and O–H groups in total. The van der Waals surface area contributed by atoms with E-state index in [9.17, 15) is 0 Å². The lowest BCUT2D eigenvalue weighted by atomic mass is 10.2. The summed E-state index contributed by atoms with van der Waals surface area (Å²) < 4.78 is 0.926. The van der Waals surface area contributed by atoms with E-state index in [1.165, 1.54) is 6.21 Å². The lowest BCUT2D eigenvalue weighted by molar-refractivity contribution is 0.826. The van der Waals surface area contributed by atoms with Gasteiger partial charge in [-0.05, 0) is 36.4 Å². The highest BCUT2D eigenvalue weighted by Crippen LogP contribution is 2.10. The molecule has 7 heteroatoms. The Hall–Kier alpha value is -0.703. The zero-order valence-electron chi connectivity index (χ0n) is 10.5. The summed E-state index contributed by atoms with van der Waals surface area (Å²) >= 11 is 2.17. The molecule has 0 heterocycles. The van der Waals surface area contributed by atoms with Crippen molar-refractivity contribution in [2.45, 2.75) is 20.4 Å². The molecule has 0 aromatic heterocycles. The fourth-order valence-corrected chi connectivity index (χ4v) is 3.28. The highest BCUT2D eigenvalue weighted by Gasteiger charge is 2.03. The summed E-state index contributed by atoms with van der Waals surface area (Å²) in [4.78, 5) is 0. The summed E-state index contributed by atoms with van der Waals surface area (Å²) in [7, 11) is -0.433. The molecule has 96 valence electrons. The first-order valence-electron chi connectivity index (χ1n) is 5.54. The van der Waals surface area contributed by atoms with Gasteiger partial charge in [0, 0.05) is 30.6 Å². The monoisotopic (exact) mass is 365 g/mol. The van der Waals surface area contributed by atoms with E-state index >= 15 is 0 Å². The number of nitrogens with zero attached hydrogens (tertiary/aromatic N) is 1. The van der Waals surface area contributed by atoms with Gasteiger partial charge in [-0.1, -0.05) is 6.55 Å². The van der Waals surface area contributed by atoms with E-state index in [0.29, 0.717) is 6.54 Å². The molecular weight excluding hydrogens is 345 g/mol. The number of rotatable bonds is 8. The zero-order valence-corrected chi connectivity index (χ0v) is 14.1. The summed E-state index contributed by atoms with van der Waals surface area (Å²) in [5.41, 5.74) is 8.99. The fraction of sp³-hybridized carbons (Fsp3) is 0.500. The van der Waals surface area contributed by atoms with Gasteiger partial charge in [0.15, 0.2) is 0 Å². The Balaban J connectivity index is 4.64. The molecule has 0 aliphatic carbocycles. The van der Waals surface area contributed by atoms with Gasteiger partial charge in [0.05, 0.1) is 18.5 Å².